The fraction of sp³-hybridized carbons (Fsp3) is 0.357. The first-order valence-electron chi connectivity index (χ1n) is 6.08. The average molecular weight is 245 g/mol. The topological polar surface area (TPSA) is 55.5 Å². The summed E-state index contributed by atoms with van der Waals surface area (Å²) in [4.78, 5) is 0. The Morgan fingerprint density at radius 1 is 1.44 bits per heavy atom. The van der Waals surface area contributed by atoms with Gasteiger partial charge in [0.2, 0.25) is 0 Å². The van der Waals surface area contributed by atoms with Gasteiger partial charge in [-0.2, -0.15) is 0 Å². The molecular weight excluding hydrogens is 230 g/mol. The van der Waals surface area contributed by atoms with Gasteiger partial charge in [-0.3, -0.25) is 0 Å². The molecule has 2 aromatic rings. The summed E-state index contributed by atoms with van der Waals surface area (Å²) in [5, 5.41) is 13.6. The van der Waals surface area contributed by atoms with Crippen molar-refractivity contribution in [1.29, 1.82) is 0 Å². The number of aryl methyl sites for hydroxylation is 2. The first-order chi connectivity index (χ1) is 8.72. The summed E-state index contributed by atoms with van der Waals surface area (Å²) in [5.41, 5.74) is 2.99. The molecule has 1 aromatic heterocycles. The lowest BCUT2D eigenvalue weighted by atomic mass is 10.1. The molecular formula is C14H15NO3. The highest BCUT2D eigenvalue weighted by Crippen LogP contribution is 2.33. The summed E-state index contributed by atoms with van der Waals surface area (Å²) >= 11 is 0. The fourth-order valence-electron chi connectivity index (χ4n) is 2.30. The predicted octanol–water partition coefficient (Wildman–Crippen LogP) is 2.54. The molecule has 1 heterocycles. The minimum absolute atomic E-state index is 0.313. The molecule has 4 heteroatoms. The van der Waals surface area contributed by atoms with Crippen molar-refractivity contribution in [2.75, 3.05) is 0 Å². The molecule has 0 amide bonds. The van der Waals surface area contributed by atoms with E-state index in [0.717, 1.165) is 35.6 Å². The maximum absolute atomic E-state index is 9.72. The van der Waals surface area contributed by atoms with Gasteiger partial charge in [0.25, 0.3) is 0 Å². The van der Waals surface area contributed by atoms with Crippen LogP contribution in [0.25, 0.3) is 0 Å². The number of aromatic nitrogens is 1. The Bertz CT molecular complexity index is 562. The Morgan fingerprint density at radius 2 is 2.33 bits per heavy atom. The van der Waals surface area contributed by atoms with Gasteiger partial charge in [0.1, 0.15) is 23.8 Å². The Balaban J connectivity index is 1.70. The Kier molecular flexibility index (Phi) is 2.80. The lowest BCUT2D eigenvalue weighted by Gasteiger charge is -2.07. The van der Waals surface area contributed by atoms with Gasteiger partial charge in [0, 0.05) is 6.07 Å². The van der Waals surface area contributed by atoms with E-state index < -0.39 is 0 Å². The number of rotatable bonds is 3. The highest BCUT2D eigenvalue weighted by molar-refractivity contribution is 5.39. The highest BCUT2D eigenvalue weighted by atomic mass is 16.5. The first kappa shape index (κ1) is 11.3. The van der Waals surface area contributed by atoms with Crippen molar-refractivity contribution in [3.8, 4) is 5.75 Å². The average Bonchev–Trinajstić information content (AvgIpc) is 2.94. The van der Waals surface area contributed by atoms with E-state index in [9.17, 15) is 5.11 Å². The summed E-state index contributed by atoms with van der Waals surface area (Å²) in [5.74, 6) is 1.59. The van der Waals surface area contributed by atoms with Crippen LogP contribution in [0.3, 0.4) is 0 Å². The molecule has 1 aliphatic rings. The normalized spacial score (nSPS) is 17.8. The summed E-state index contributed by atoms with van der Waals surface area (Å²) in [6.07, 6.45) is 1.41. The molecule has 0 fully saturated rings. The minimum Gasteiger partial charge on any atom is -0.487 e. The van der Waals surface area contributed by atoms with E-state index in [2.05, 4.69) is 5.16 Å². The quantitative estimate of drug-likeness (QED) is 0.902. The van der Waals surface area contributed by atoms with Crippen molar-refractivity contribution in [3.05, 3.63) is 46.8 Å². The van der Waals surface area contributed by atoms with Crippen LogP contribution < -0.4 is 4.74 Å². The van der Waals surface area contributed by atoms with Crippen LogP contribution in [0.4, 0.5) is 0 Å². The van der Waals surface area contributed by atoms with E-state index in [0.29, 0.717) is 6.61 Å². The number of benzene rings is 1. The molecule has 0 spiro atoms. The Hall–Kier alpha value is -1.81. The molecule has 4 nitrogen and oxygen atoms in total. The van der Waals surface area contributed by atoms with E-state index in [1.54, 1.807) is 0 Å². The zero-order valence-corrected chi connectivity index (χ0v) is 10.2. The number of aliphatic hydroxyl groups excluding tert-OH is 1. The van der Waals surface area contributed by atoms with Crippen LogP contribution in [0.15, 0.2) is 28.8 Å². The smallest absolute Gasteiger partial charge is 0.134 e. The lowest BCUT2D eigenvalue weighted by Crippen LogP contribution is -1.97. The van der Waals surface area contributed by atoms with E-state index in [4.69, 9.17) is 9.26 Å². The van der Waals surface area contributed by atoms with Crippen molar-refractivity contribution < 1.29 is 14.4 Å². The third kappa shape index (κ3) is 2.11. The number of nitrogens with zero attached hydrogens (tertiary/aromatic N) is 1. The molecule has 94 valence electrons. The number of hydrogen-bond donors (Lipinski definition) is 1. The van der Waals surface area contributed by atoms with Gasteiger partial charge < -0.3 is 14.4 Å². The summed E-state index contributed by atoms with van der Waals surface area (Å²) < 4.78 is 10.6. The van der Waals surface area contributed by atoms with Gasteiger partial charge >= 0.3 is 0 Å². The van der Waals surface area contributed by atoms with Gasteiger partial charge in [-0.25, -0.2) is 0 Å². The van der Waals surface area contributed by atoms with Crippen LogP contribution in [-0.2, 0) is 13.0 Å². The van der Waals surface area contributed by atoms with Gasteiger partial charge in [-0.1, -0.05) is 11.2 Å². The van der Waals surface area contributed by atoms with E-state index >= 15 is 0 Å². The molecule has 0 bridgehead atoms. The zero-order valence-electron chi connectivity index (χ0n) is 10.2. The third-order valence-corrected chi connectivity index (χ3v) is 3.22. The molecule has 1 aliphatic carbocycles. The van der Waals surface area contributed by atoms with Crippen LogP contribution in [0, 0.1) is 6.92 Å². The van der Waals surface area contributed by atoms with Crippen LogP contribution in [0.5, 0.6) is 5.75 Å². The minimum atomic E-state index is -0.313. The van der Waals surface area contributed by atoms with Crippen molar-refractivity contribution >= 4 is 0 Å². The number of aliphatic hydroxyl groups is 1. The SMILES string of the molecule is Cc1cc(COc2ccc3c(c2)CC[C@H]3O)no1. The second-order valence-electron chi connectivity index (χ2n) is 4.63. The standard InChI is InChI=1S/C14H15NO3/c1-9-6-11(15-18-9)8-17-12-3-4-13-10(7-12)2-5-14(13)16/h3-4,6-7,14,16H,2,5,8H2,1H3/t14-/m1/s1. The molecule has 0 saturated carbocycles. The number of hydrogen-bond acceptors (Lipinski definition) is 4. The molecule has 1 aromatic carbocycles. The van der Waals surface area contributed by atoms with Gasteiger partial charge in [0.05, 0.1) is 6.10 Å². The molecule has 18 heavy (non-hydrogen) atoms. The van der Waals surface area contributed by atoms with Crippen LogP contribution in [0.2, 0.25) is 0 Å². The first-order valence-corrected chi connectivity index (χ1v) is 6.08. The Morgan fingerprint density at radius 3 is 3.11 bits per heavy atom. The maximum Gasteiger partial charge on any atom is 0.134 e. The number of ether oxygens (including phenoxy) is 1. The Labute approximate surface area is 105 Å². The van der Waals surface area contributed by atoms with Gasteiger partial charge in [-0.15, -0.1) is 0 Å². The van der Waals surface area contributed by atoms with Crippen molar-refractivity contribution in [2.45, 2.75) is 32.5 Å². The fourth-order valence-corrected chi connectivity index (χ4v) is 2.30. The maximum atomic E-state index is 9.72. The summed E-state index contributed by atoms with van der Waals surface area (Å²) in [7, 11) is 0. The molecule has 0 saturated heterocycles. The molecule has 1 N–H and O–H groups in total. The van der Waals surface area contributed by atoms with Crippen molar-refractivity contribution in [2.24, 2.45) is 0 Å². The number of fused-ring (bicyclic) bond motifs is 1. The van der Waals surface area contributed by atoms with E-state index in [1.807, 2.05) is 31.2 Å². The second kappa shape index (κ2) is 4.46. The molecule has 0 aliphatic heterocycles. The lowest BCUT2D eigenvalue weighted by molar-refractivity contribution is 0.180. The van der Waals surface area contributed by atoms with Crippen molar-refractivity contribution in [1.82, 2.24) is 5.16 Å². The largest absolute Gasteiger partial charge is 0.487 e. The highest BCUT2D eigenvalue weighted by Gasteiger charge is 2.20. The van der Waals surface area contributed by atoms with Gasteiger partial charge in [-0.05, 0) is 43.0 Å². The summed E-state index contributed by atoms with van der Waals surface area (Å²) in [6, 6.07) is 7.69. The summed E-state index contributed by atoms with van der Waals surface area (Å²) in [6.45, 7) is 2.26. The molecule has 0 unspecified atom stereocenters. The van der Waals surface area contributed by atoms with Crippen LogP contribution >= 0.6 is 0 Å². The van der Waals surface area contributed by atoms with E-state index in [1.165, 1.54) is 5.56 Å². The molecule has 1 atom stereocenters. The monoisotopic (exact) mass is 245 g/mol. The predicted molar refractivity (Wildman–Crippen MR) is 65.3 cm³/mol. The molecule has 3 rings (SSSR count). The van der Waals surface area contributed by atoms with Crippen LogP contribution in [-0.4, -0.2) is 10.3 Å². The third-order valence-electron chi connectivity index (χ3n) is 3.22. The van der Waals surface area contributed by atoms with Crippen LogP contribution in [0.1, 0.15) is 35.1 Å². The molecule has 0 radical (unpaired) electrons. The van der Waals surface area contributed by atoms with E-state index in [-0.39, 0.29) is 6.10 Å². The zero-order chi connectivity index (χ0) is 12.5. The van der Waals surface area contributed by atoms with Gasteiger partial charge in [0.15, 0.2) is 0 Å². The van der Waals surface area contributed by atoms with Crippen molar-refractivity contribution in [3.63, 3.8) is 0 Å². The second-order valence-corrected chi connectivity index (χ2v) is 4.63.